The standard InChI is InChI=1S/C12H20N4O3S/c1-9(2)8-14-20(18,19)16-11-5-3-10(4-6-11)7-12(13)15-17/h3-6,9,14,16-17H,7-8H2,1-2H3,(H2,13,15). The number of hydrogen-bond acceptors (Lipinski definition) is 4. The number of hydrogen-bond donors (Lipinski definition) is 4. The average Bonchev–Trinajstić information content (AvgIpc) is 2.38. The molecule has 0 aliphatic heterocycles. The summed E-state index contributed by atoms with van der Waals surface area (Å²) >= 11 is 0. The van der Waals surface area contributed by atoms with Crippen LogP contribution in [0.5, 0.6) is 0 Å². The van der Waals surface area contributed by atoms with Crippen molar-refractivity contribution >= 4 is 21.7 Å². The summed E-state index contributed by atoms with van der Waals surface area (Å²) in [5.74, 6) is 0.326. The monoisotopic (exact) mass is 300 g/mol. The zero-order chi connectivity index (χ0) is 15.2. The molecule has 0 spiro atoms. The number of nitrogens with one attached hydrogen (secondary N) is 2. The van der Waals surface area contributed by atoms with Crippen LogP contribution in [0.3, 0.4) is 0 Å². The second-order valence-electron chi connectivity index (χ2n) is 4.81. The van der Waals surface area contributed by atoms with Crippen LogP contribution in [0.1, 0.15) is 19.4 Å². The first-order valence-corrected chi connectivity index (χ1v) is 7.63. The molecule has 0 radical (unpaired) electrons. The van der Waals surface area contributed by atoms with E-state index < -0.39 is 10.2 Å². The molecule has 5 N–H and O–H groups in total. The average molecular weight is 300 g/mol. The predicted octanol–water partition coefficient (Wildman–Crippen LogP) is 0.878. The number of oxime groups is 1. The van der Waals surface area contributed by atoms with E-state index in [1.165, 1.54) is 0 Å². The molecule has 1 rings (SSSR count). The van der Waals surface area contributed by atoms with Crippen LogP contribution in [-0.4, -0.2) is 26.0 Å². The zero-order valence-corrected chi connectivity index (χ0v) is 12.3. The molecule has 0 saturated heterocycles. The Morgan fingerprint density at radius 3 is 2.45 bits per heavy atom. The number of nitrogens with zero attached hydrogens (tertiary/aromatic N) is 1. The van der Waals surface area contributed by atoms with Crippen LogP contribution in [-0.2, 0) is 16.6 Å². The van der Waals surface area contributed by atoms with E-state index >= 15 is 0 Å². The van der Waals surface area contributed by atoms with E-state index in [9.17, 15) is 8.42 Å². The highest BCUT2D eigenvalue weighted by atomic mass is 32.2. The second-order valence-corrected chi connectivity index (χ2v) is 6.31. The normalized spacial score (nSPS) is 12.7. The summed E-state index contributed by atoms with van der Waals surface area (Å²) in [4.78, 5) is 0. The molecule has 0 aliphatic carbocycles. The summed E-state index contributed by atoms with van der Waals surface area (Å²) in [6.07, 6.45) is 0.301. The van der Waals surface area contributed by atoms with E-state index in [1.807, 2.05) is 13.8 Å². The summed E-state index contributed by atoms with van der Waals surface area (Å²) in [5.41, 5.74) is 6.66. The van der Waals surface area contributed by atoms with Crippen molar-refractivity contribution in [2.75, 3.05) is 11.3 Å². The van der Waals surface area contributed by atoms with Gasteiger partial charge in [0.15, 0.2) is 0 Å². The Morgan fingerprint density at radius 1 is 1.35 bits per heavy atom. The minimum atomic E-state index is -3.56. The van der Waals surface area contributed by atoms with Crippen molar-refractivity contribution in [1.29, 1.82) is 0 Å². The summed E-state index contributed by atoms with van der Waals surface area (Å²) < 4.78 is 28.3. The summed E-state index contributed by atoms with van der Waals surface area (Å²) in [6, 6.07) is 6.65. The molecule has 8 heteroatoms. The van der Waals surface area contributed by atoms with Gasteiger partial charge in [-0.2, -0.15) is 13.1 Å². The maximum Gasteiger partial charge on any atom is 0.299 e. The van der Waals surface area contributed by atoms with E-state index in [1.54, 1.807) is 24.3 Å². The van der Waals surface area contributed by atoms with Crippen LogP contribution in [0, 0.1) is 5.92 Å². The van der Waals surface area contributed by atoms with Crippen molar-refractivity contribution in [2.45, 2.75) is 20.3 Å². The lowest BCUT2D eigenvalue weighted by Crippen LogP contribution is -2.32. The summed E-state index contributed by atoms with van der Waals surface area (Å²) in [5, 5.41) is 11.3. The van der Waals surface area contributed by atoms with Crippen LogP contribution in [0.25, 0.3) is 0 Å². The molecule has 20 heavy (non-hydrogen) atoms. The first-order chi connectivity index (χ1) is 9.32. The van der Waals surface area contributed by atoms with Gasteiger partial charge in [0.2, 0.25) is 0 Å². The van der Waals surface area contributed by atoms with Gasteiger partial charge in [-0.05, 0) is 23.6 Å². The highest BCUT2D eigenvalue weighted by Crippen LogP contribution is 2.11. The quantitative estimate of drug-likeness (QED) is 0.259. The minimum absolute atomic E-state index is 0.0944. The fourth-order valence-corrected chi connectivity index (χ4v) is 2.47. The van der Waals surface area contributed by atoms with E-state index in [0.717, 1.165) is 5.56 Å². The molecule has 0 fully saturated rings. The molecule has 0 saturated carbocycles. The van der Waals surface area contributed by atoms with Crippen LogP contribution in [0.2, 0.25) is 0 Å². The van der Waals surface area contributed by atoms with Gasteiger partial charge in [-0.3, -0.25) is 4.72 Å². The molecule has 1 aromatic rings. The smallest absolute Gasteiger partial charge is 0.299 e. The Kier molecular flexibility index (Phi) is 5.78. The largest absolute Gasteiger partial charge is 0.409 e. The molecule has 0 aliphatic rings. The molecular weight excluding hydrogens is 280 g/mol. The highest BCUT2D eigenvalue weighted by molar-refractivity contribution is 7.90. The SMILES string of the molecule is CC(C)CNS(=O)(=O)Nc1ccc(C/C(N)=N/O)cc1. The van der Waals surface area contributed by atoms with Crippen molar-refractivity contribution in [1.82, 2.24) is 4.72 Å². The van der Waals surface area contributed by atoms with Crippen molar-refractivity contribution in [3.05, 3.63) is 29.8 Å². The molecule has 0 bridgehead atoms. The lowest BCUT2D eigenvalue weighted by atomic mass is 10.1. The molecule has 7 nitrogen and oxygen atoms in total. The Bertz CT molecular complexity index is 553. The maximum atomic E-state index is 11.7. The molecule has 112 valence electrons. The zero-order valence-electron chi connectivity index (χ0n) is 11.5. The van der Waals surface area contributed by atoms with E-state index in [0.29, 0.717) is 18.7 Å². The number of anilines is 1. The lowest BCUT2D eigenvalue weighted by Gasteiger charge is -2.11. The third-order valence-corrected chi connectivity index (χ3v) is 3.45. The maximum absolute atomic E-state index is 11.7. The minimum Gasteiger partial charge on any atom is -0.409 e. The predicted molar refractivity (Wildman–Crippen MR) is 78.9 cm³/mol. The third-order valence-electron chi connectivity index (χ3n) is 2.40. The van der Waals surface area contributed by atoms with E-state index in [-0.39, 0.29) is 11.8 Å². The van der Waals surface area contributed by atoms with Crippen LogP contribution < -0.4 is 15.2 Å². The summed E-state index contributed by atoms with van der Waals surface area (Å²) in [6.45, 7) is 4.21. The Hall–Kier alpha value is -1.80. The van der Waals surface area contributed by atoms with Crippen LogP contribution >= 0.6 is 0 Å². The van der Waals surface area contributed by atoms with Gasteiger partial charge in [0.25, 0.3) is 10.2 Å². The van der Waals surface area contributed by atoms with Gasteiger partial charge >= 0.3 is 0 Å². The Morgan fingerprint density at radius 2 is 1.95 bits per heavy atom. The van der Waals surface area contributed by atoms with E-state index in [2.05, 4.69) is 14.6 Å². The lowest BCUT2D eigenvalue weighted by molar-refractivity contribution is 0.317. The third kappa shape index (κ3) is 5.89. The van der Waals surface area contributed by atoms with Gasteiger partial charge in [0.1, 0.15) is 5.84 Å². The number of rotatable bonds is 7. The Balaban J connectivity index is 2.65. The molecule has 0 aromatic heterocycles. The van der Waals surface area contributed by atoms with Gasteiger partial charge in [-0.15, -0.1) is 0 Å². The molecule has 1 aromatic carbocycles. The van der Waals surface area contributed by atoms with Gasteiger partial charge in [-0.1, -0.05) is 31.1 Å². The van der Waals surface area contributed by atoms with Gasteiger partial charge in [-0.25, -0.2) is 0 Å². The fraction of sp³-hybridized carbons (Fsp3) is 0.417. The van der Waals surface area contributed by atoms with Crippen molar-refractivity contribution in [3.63, 3.8) is 0 Å². The number of amidine groups is 1. The van der Waals surface area contributed by atoms with Crippen molar-refractivity contribution in [2.24, 2.45) is 16.8 Å². The van der Waals surface area contributed by atoms with Gasteiger partial charge in [0.05, 0.1) is 0 Å². The first-order valence-electron chi connectivity index (χ1n) is 6.15. The van der Waals surface area contributed by atoms with Crippen molar-refractivity contribution in [3.8, 4) is 0 Å². The van der Waals surface area contributed by atoms with E-state index in [4.69, 9.17) is 10.9 Å². The van der Waals surface area contributed by atoms with Crippen LogP contribution in [0.4, 0.5) is 5.69 Å². The number of nitrogens with two attached hydrogens (primary N) is 1. The summed E-state index contributed by atoms with van der Waals surface area (Å²) in [7, 11) is -3.56. The van der Waals surface area contributed by atoms with Crippen LogP contribution in [0.15, 0.2) is 29.4 Å². The molecule has 0 heterocycles. The number of benzene rings is 1. The molecule has 0 amide bonds. The second kappa shape index (κ2) is 7.11. The Labute approximate surface area is 119 Å². The first kappa shape index (κ1) is 16.3. The molecular formula is C12H20N4O3S. The highest BCUT2D eigenvalue weighted by Gasteiger charge is 2.10. The van der Waals surface area contributed by atoms with Gasteiger partial charge in [0, 0.05) is 18.7 Å². The topological polar surface area (TPSA) is 117 Å². The van der Waals surface area contributed by atoms with Gasteiger partial charge < -0.3 is 10.9 Å². The fourth-order valence-electron chi connectivity index (χ4n) is 1.40. The molecule has 0 atom stereocenters. The molecule has 0 unspecified atom stereocenters. The van der Waals surface area contributed by atoms with Crippen molar-refractivity contribution < 1.29 is 13.6 Å².